The fraction of sp³-hybridized carbons (Fsp3) is 0. The third kappa shape index (κ3) is 6.19. The average molecular weight is 579 g/mol. The average Bonchev–Trinajstić information content (AvgIpc) is 2.85. The maximum Gasteiger partial charge on any atom is 0.298 e. The molecule has 12 heteroatoms. The molecule has 2 N–H and O–H groups in total. The molecule has 8 nitrogen and oxygen atoms in total. The van der Waals surface area contributed by atoms with Crippen LogP contribution in [0.1, 0.15) is 15.9 Å². The maximum atomic E-state index is 12.8. The molecule has 4 rings (SSSR count). The van der Waals surface area contributed by atoms with E-state index in [0.29, 0.717) is 16.1 Å². The van der Waals surface area contributed by atoms with Gasteiger partial charge in [0.25, 0.3) is 20.2 Å². The van der Waals surface area contributed by atoms with Gasteiger partial charge in [-0.2, -0.15) is 16.8 Å². The highest BCUT2D eigenvalue weighted by Crippen LogP contribution is 2.34. The van der Waals surface area contributed by atoms with E-state index >= 15 is 0 Å². The van der Waals surface area contributed by atoms with Crippen LogP contribution in [0.3, 0.4) is 0 Å². The van der Waals surface area contributed by atoms with Gasteiger partial charge in [-0.25, -0.2) is 0 Å². The van der Waals surface area contributed by atoms with Crippen LogP contribution in [0.25, 0.3) is 11.1 Å². The number of hydrogen-bond donors (Lipinski definition) is 2. The zero-order valence-corrected chi connectivity index (χ0v) is 21.6. The zero-order valence-electron chi connectivity index (χ0n) is 18.5. The topological polar surface area (TPSA) is 135 Å². The van der Waals surface area contributed by atoms with Gasteiger partial charge < -0.3 is 4.74 Å². The predicted octanol–water partition coefficient (Wildman–Crippen LogP) is 6.18. The molecule has 37 heavy (non-hydrogen) atoms. The van der Waals surface area contributed by atoms with Crippen LogP contribution in [-0.2, 0) is 20.2 Å². The number of halogens is 2. The first-order valence-corrected chi connectivity index (χ1v) is 13.9. The molecule has 0 aliphatic heterocycles. The fourth-order valence-electron chi connectivity index (χ4n) is 3.42. The molecule has 4 aromatic rings. The molecule has 0 aromatic heterocycles. The molecule has 0 bridgehead atoms. The lowest BCUT2D eigenvalue weighted by atomic mass is 10.0. The van der Waals surface area contributed by atoms with Gasteiger partial charge in [-0.05, 0) is 77.9 Å². The first kappa shape index (κ1) is 26.8. The Labute approximate surface area is 222 Å². The van der Waals surface area contributed by atoms with Crippen LogP contribution in [0.15, 0.2) is 94.7 Å². The number of ketones is 1. The summed E-state index contributed by atoms with van der Waals surface area (Å²) < 4.78 is 71.2. The van der Waals surface area contributed by atoms with Crippen LogP contribution in [-0.4, -0.2) is 31.7 Å². The van der Waals surface area contributed by atoms with E-state index in [-0.39, 0.29) is 38.3 Å². The normalized spacial score (nSPS) is 11.8. The monoisotopic (exact) mass is 578 g/mol. The van der Waals surface area contributed by atoms with Crippen molar-refractivity contribution in [3.8, 4) is 22.6 Å². The minimum atomic E-state index is -4.72. The number of benzene rings is 4. The molecule has 0 unspecified atom stereocenters. The summed E-state index contributed by atoms with van der Waals surface area (Å²) >= 11 is 12.1. The molecule has 190 valence electrons. The van der Waals surface area contributed by atoms with E-state index in [1.54, 1.807) is 6.07 Å². The molecule has 0 saturated carbocycles. The Balaban J connectivity index is 1.62. The second kappa shape index (κ2) is 10.3. The van der Waals surface area contributed by atoms with Crippen LogP contribution < -0.4 is 4.74 Å². The summed E-state index contributed by atoms with van der Waals surface area (Å²) in [5, 5.41) is 0.587. The third-order valence-electron chi connectivity index (χ3n) is 5.22. The van der Waals surface area contributed by atoms with Crippen molar-refractivity contribution in [1.82, 2.24) is 0 Å². The van der Waals surface area contributed by atoms with Crippen molar-refractivity contribution in [1.29, 1.82) is 0 Å². The lowest BCUT2D eigenvalue weighted by Crippen LogP contribution is -2.03. The third-order valence-corrected chi connectivity index (χ3v) is 7.53. The molecule has 0 aliphatic rings. The van der Waals surface area contributed by atoms with Gasteiger partial charge >= 0.3 is 0 Å². The van der Waals surface area contributed by atoms with Crippen molar-refractivity contribution in [2.45, 2.75) is 9.79 Å². The second-order valence-corrected chi connectivity index (χ2v) is 11.4. The number of carbonyl (C=O) groups is 1. The molecular weight excluding hydrogens is 563 g/mol. The number of hydrogen-bond acceptors (Lipinski definition) is 6. The first-order valence-electron chi connectivity index (χ1n) is 10.3. The highest BCUT2D eigenvalue weighted by Gasteiger charge is 2.20. The summed E-state index contributed by atoms with van der Waals surface area (Å²) in [7, 11) is -9.12. The Hall–Kier alpha value is -3.25. The number of carbonyl (C=O) groups excluding carboxylic acids is 1. The van der Waals surface area contributed by atoms with Gasteiger partial charge in [0, 0.05) is 16.1 Å². The van der Waals surface area contributed by atoms with Crippen molar-refractivity contribution >= 4 is 49.2 Å². The molecule has 0 atom stereocenters. The largest absolute Gasteiger partial charge is 0.456 e. The van der Waals surface area contributed by atoms with Crippen molar-refractivity contribution in [3.05, 3.63) is 106 Å². The van der Waals surface area contributed by atoms with E-state index in [9.17, 15) is 26.2 Å². The van der Waals surface area contributed by atoms with Gasteiger partial charge in [0.1, 0.15) is 16.4 Å². The van der Waals surface area contributed by atoms with E-state index in [4.69, 9.17) is 32.5 Å². The quantitative estimate of drug-likeness (QED) is 0.196. The lowest BCUT2D eigenvalue weighted by molar-refractivity contribution is 0.103. The summed E-state index contributed by atoms with van der Waals surface area (Å²) in [4.78, 5) is 11.9. The van der Waals surface area contributed by atoms with Gasteiger partial charge in [-0.15, -0.1) is 0 Å². The summed E-state index contributed by atoms with van der Waals surface area (Å²) in [6.45, 7) is 0. The summed E-state index contributed by atoms with van der Waals surface area (Å²) in [5.41, 5.74) is 1.26. The standard InChI is InChI=1S/C25H16Cl2O8S2/c26-18-6-11-22(27)21(14-18)25(28)16-1-7-19(8-2-16)35-23-12-5-17(13-24(23)37(32,33)34)15-3-9-20(10-4-15)36(29,30)31/h1-14H,(H,29,30,31)(H,32,33,34). The predicted molar refractivity (Wildman–Crippen MR) is 138 cm³/mol. The molecule has 0 spiro atoms. The van der Waals surface area contributed by atoms with Gasteiger partial charge in [-0.3, -0.25) is 13.9 Å². The molecule has 0 amide bonds. The Kier molecular flexibility index (Phi) is 7.43. The van der Waals surface area contributed by atoms with Gasteiger partial charge in [0.05, 0.1) is 9.92 Å². The minimum absolute atomic E-state index is 0.183. The van der Waals surface area contributed by atoms with E-state index in [1.165, 1.54) is 60.7 Å². The lowest BCUT2D eigenvalue weighted by Gasteiger charge is -2.12. The number of ether oxygens (including phenoxy) is 1. The first-order chi connectivity index (χ1) is 17.3. The van der Waals surface area contributed by atoms with E-state index < -0.39 is 25.1 Å². The molecular formula is C25H16Cl2O8S2. The molecule has 0 radical (unpaired) electrons. The fourth-order valence-corrected chi connectivity index (χ4v) is 4.92. The van der Waals surface area contributed by atoms with Gasteiger partial charge in [0.15, 0.2) is 5.78 Å². The van der Waals surface area contributed by atoms with E-state index in [0.717, 1.165) is 18.2 Å². The van der Waals surface area contributed by atoms with Crippen molar-refractivity contribution < 1.29 is 35.5 Å². The molecule has 4 aromatic carbocycles. The number of rotatable bonds is 7. The summed E-state index contributed by atoms with van der Waals surface area (Å²) in [6, 6.07) is 19.4. The minimum Gasteiger partial charge on any atom is -0.456 e. The Morgan fingerprint density at radius 3 is 1.92 bits per heavy atom. The molecule has 0 heterocycles. The highest BCUT2D eigenvalue weighted by atomic mass is 35.5. The van der Waals surface area contributed by atoms with Crippen molar-refractivity contribution in [2.75, 3.05) is 0 Å². The van der Waals surface area contributed by atoms with Crippen LogP contribution in [0, 0.1) is 0 Å². The highest BCUT2D eigenvalue weighted by molar-refractivity contribution is 7.86. The Morgan fingerprint density at radius 2 is 1.32 bits per heavy atom. The van der Waals surface area contributed by atoms with E-state index in [2.05, 4.69) is 0 Å². The van der Waals surface area contributed by atoms with Crippen molar-refractivity contribution in [2.24, 2.45) is 0 Å². The van der Waals surface area contributed by atoms with Gasteiger partial charge in [-0.1, -0.05) is 41.4 Å². The Morgan fingerprint density at radius 1 is 0.703 bits per heavy atom. The van der Waals surface area contributed by atoms with Crippen LogP contribution in [0.5, 0.6) is 11.5 Å². The smallest absolute Gasteiger partial charge is 0.298 e. The zero-order chi connectivity index (χ0) is 27.0. The van der Waals surface area contributed by atoms with Crippen LogP contribution in [0.2, 0.25) is 10.0 Å². The van der Waals surface area contributed by atoms with E-state index in [1.807, 2.05) is 0 Å². The maximum absolute atomic E-state index is 12.8. The van der Waals surface area contributed by atoms with Crippen molar-refractivity contribution in [3.63, 3.8) is 0 Å². The van der Waals surface area contributed by atoms with Crippen LogP contribution >= 0.6 is 23.2 Å². The van der Waals surface area contributed by atoms with Crippen LogP contribution in [0.4, 0.5) is 0 Å². The second-order valence-electron chi connectivity index (χ2n) is 7.72. The Bertz CT molecular complexity index is 1720. The molecule has 0 saturated heterocycles. The SMILES string of the molecule is O=C(c1ccc(Oc2ccc(-c3ccc(S(=O)(=O)O)cc3)cc2S(=O)(=O)O)cc1)c1cc(Cl)ccc1Cl. The molecule has 0 fully saturated rings. The summed E-state index contributed by atoms with van der Waals surface area (Å²) in [6.07, 6.45) is 0. The summed E-state index contributed by atoms with van der Waals surface area (Å²) in [5.74, 6) is -0.372. The molecule has 0 aliphatic carbocycles. The van der Waals surface area contributed by atoms with Gasteiger partial charge in [0.2, 0.25) is 0 Å².